The first-order valence-electron chi connectivity index (χ1n) is 13.7. The van der Waals surface area contributed by atoms with Gasteiger partial charge in [0, 0.05) is 11.6 Å². The number of rotatable bonds is 13. The molecule has 0 aromatic heterocycles. The van der Waals surface area contributed by atoms with E-state index in [1.807, 2.05) is 0 Å². The van der Waals surface area contributed by atoms with E-state index in [1.165, 1.54) is 101 Å². The monoisotopic (exact) mass is 433 g/mol. The van der Waals surface area contributed by atoms with Crippen LogP contribution in [0, 0.1) is 5.92 Å². The quantitative estimate of drug-likeness (QED) is 0.247. The molecule has 1 fully saturated rings. The maximum atomic E-state index is 5.96. The van der Waals surface area contributed by atoms with E-state index in [1.54, 1.807) is 5.56 Å². The molecule has 176 valence electrons. The van der Waals surface area contributed by atoms with Crippen LogP contribution in [0.1, 0.15) is 132 Å². The van der Waals surface area contributed by atoms with Crippen molar-refractivity contribution in [1.29, 1.82) is 0 Å². The minimum atomic E-state index is 0.486. The van der Waals surface area contributed by atoms with Crippen LogP contribution in [-0.4, -0.2) is 0 Å². The first-order chi connectivity index (χ1) is 15.7. The lowest BCUT2D eigenvalue weighted by atomic mass is 9.76. The van der Waals surface area contributed by atoms with Crippen LogP contribution < -0.4 is 5.73 Å². The Kier molecular flexibility index (Phi) is 10.7. The van der Waals surface area contributed by atoms with Gasteiger partial charge in [0.25, 0.3) is 0 Å². The molecule has 32 heavy (non-hydrogen) atoms. The molecular formula is C31H47N. The van der Waals surface area contributed by atoms with E-state index in [4.69, 9.17) is 5.73 Å². The van der Waals surface area contributed by atoms with E-state index in [-0.39, 0.29) is 0 Å². The van der Waals surface area contributed by atoms with Crippen LogP contribution in [0.3, 0.4) is 0 Å². The third kappa shape index (κ3) is 7.68. The van der Waals surface area contributed by atoms with Gasteiger partial charge in [0.2, 0.25) is 0 Å². The summed E-state index contributed by atoms with van der Waals surface area (Å²) < 4.78 is 0. The number of benzene rings is 2. The Balaban J connectivity index is 1.58. The van der Waals surface area contributed by atoms with Gasteiger partial charge in [0.15, 0.2) is 0 Å². The van der Waals surface area contributed by atoms with Gasteiger partial charge in [-0.1, -0.05) is 108 Å². The summed E-state index contributed by atoms with van der Waals surface area (Å²) in [7, 11) is 0. The second-order valence-electron chi connectivity index (χ2n) is 10.3. The Hall–Kier alpha value is -1.76. The van der Waals surface area contributed by atoms with Crippen LogP contribution >= 0.6 is 0 Å². The normalized spacial score (nSPS) is 19.7. The Bertz CT molecular complexity index is 737. The van der Waals surface area contributed by atoms with E-state index in [0.29, 0.717) is 5.92 Å². The lowest BCUT2D eigenvalue weighted by Crippen LogP contribution is -2.13. The summed E-state index contributed by atoms with van der Waals surface area (Å²) in [5, 5.41) is 0. The minimum Gasteiger partial charge on any atom is -0.399 e. The standard InChI is InChI=1S/C31H47N/c1-3-5-7-9-11-25-13-15-26(16-14-25)27-17-19-28(20-18-27)31(12-10-8-6-4-2)29-21-23-30(32)24-22-29/h17-26,31H,3-16,32H2,1-2H3. The van der Waals surface area contributed by atoms with Gasteiger partial charge in [-0.15, -0.1) is 0 Å². The SMILES string of the molecule is CCCCCCC1CCC(c2ccc(C(CCCCCC)c3ccc(N)cc3)cc2)CC1. The highest BCUT2D eigenvalue weighted by Crippen LogP contribution is 2.39. The molecule has 2 N–H and O–H groups in total. The molecule has 0 aliphatic heterocycles. The van der Waals surface area contributed by atoms with Crippen molar-refractivity contribution in [2.45, 2.75) is 116 Å². The third-order valence-corrected chi connectivity index (χ3v) is 7.81. The third-order valence-electron chi connectivity index (χ3n) is 7.81. The number of unbranched alkanes of at least 4 members (excludes halogenated alkanes) is 6. The van der Waals surface area contributed by atoms with Gasteiger partial charge in [-0.3, -0.25) is 0 Å². The number of anilines is 1. The molecule has 1 heteroatoms. The minimum absolute atomic E-state index is 0.486. The molecule has 2 aromatic rings. The van der Waals surface area contributed by atoms with Crippen LogP contribution in [0.4, 0.5) is 5.69 Å². The van der Waals surface area contributed by atoms with Crippen molar-refractivity contribution in [3.05, 3.63) is 65.2 Å². The average Bonchev–Trinajstić information content (AvgIpc) is 2.83. The molecule has 0 radical (unpaired) electrons. The van der Waals surface area contributed by atoms with Crippen molar-refractivity contribution >= 4 is 5.69 Å². The highest BCUT2D eigenvalue weighted by atomic mass is 14.5. The lowest BCUT2D eigenvalue weighted by molar-refractivity contribution is 0.302. The van der Waals surface area contributed by atoms with Crippen molar-refractivity contribution < 1.29 is 0 Å². The number of hydrogen-bond donors (Lipinski definition) is 1. The van der Waals surface area contributed by atoms with E-state index < -0.39 is 0 Å². The molecule has 3 rings (SSSR count). The molecule has 1 saturated carbocycles. The Morgan fingerprint density at radius 2 is 1.25 bits per heavy atom. The fraction of sp³-hybridized carbons (Fsp3) is 0.613. The van der Waals surface area contributed by atoms with Gasteiger partial charge in [-0.2, -0.15) is 0 Å². The van der Waals surface area contributed by atoms with Crippen LogP contribution in [0.15, 0.2) is 48.5 Å². The van der Waals surface area contributed by atoms with E-state index in [0.717, 1.165) is 17.5 Å². The fourth-order valence-corrected chi connectivity index (χ4v) is 5.67. The molecule has 0 bridgehead atoms. The van der Waals surface area contributed by atoms with Crippen molar-refractivity contribution in [2.75, 3.05) is 5.73 Å². The van der Waals surface area contributed by atoms with Gasteiger partial charge in [-0.25, -0.2) is 0 Å². The predicted molar refractivity (Wildman–Crippen MR) is 141 cm³/mol. The van der Waals surface area contributed by atoms with E-state index in [9.17, 15) is 0 Å². The van der Waals surface area contributed by atoms with Crippen LogP contribution in [0.25, 0.3) is 0 Å². The van der Waals surface area contributed by atoms with Crippen molar-refractivity contribution in [2.24, 2.45) is 5.92 Å². The summed E-state index contributed by atoms with van der Waals surface area (Å²) in [6.07, 6.45) is 19.2. The van der Waals surface area contributed by atoms with Gasteiger partial charge in [-0.05, 0) is 72.8 Å². The molecule has 0 heterocycles. The second kappa shape index (κ2) is 13.7. The zero-order valence-corrected chi connectivity index (χ0v) is 20.8. The van der Waals surface area contributed by atoms with E-state index >= 15 is 0 Å². The number of nitrogen functional groups attached to an aromatic ring is 1. The van der Waals surface area contributed by atoms with Crippen molar-refractivity contribution in [3.63, 3.8) is 0 Å². The maximum Gasteiger partial charge on any atom is 0.0314 e. The van der Waals surface area contributed by atoms with Crippen molar-refractivity contribution in [1.82, 2.24) is 0 Å². The summed E-state index contributed by atoms with van der Waals surface area (Å²) in [5.74, 6) is 2.25. The Labute approximate surface area is 198 Å². The highest BCUT2D eigenvalue weighted by molar-refractivity contribution is 5.43. The van der Waals surface area contributed by atoms with Crippen LogP contribution in [-0.2, 0) is 0 Å². The smallest absolute Gasteiger partial charge is 0.0314 e. The molecule has 0 spiro atoms. The summed E-state index contributed by atoms with van der Waals surface area (Å²) in [6, 6.07) is 18.3. The lowest BCUT2D eigenvalue weighted by Gasteiger charge is -2.29. The first kappa shape index (κ1) is 24.9. The second-order valence-corrected chi connectivity index (χ2v) is 10.3. The molecule has 1 aliphatic carbocycles. The number of hydrogen-bond acceptors (Lipinski definition) is 1. The molecule has 1 aliphatic rings. The van der Waals surface area contributed by atoms with Gasteiger partial charge in [0.05, 0.1) is 0 Å². The maximum absolute atomic E-state index is 5.96. The summed E-state index contributed by atoms with van der Waals surface area (Å²) >= 11 is 0. The van der Waals surface area contributed by atoms with Crippen LogP contribution in [0.2, 0.25) is 0 Å². The molecule has 0 saturated heterocycles. The molecular weight excluding hydrogens is 386 g/mol. The van der Waals surface area contributed by atoms with Crippen molar-refractivity contribution in [3.8, 4) is 0 Å². The summed E-state index contributed by atoms with van der Waals surface area (Å²) in [4.78, 5) is 0. The summed E-state index contributed by atoms with van der Waals surface area (Å²) in [6.45, 7) is 4.59. The average molecular weight is 434 g/mol. The van der Waals surface area contributed by atoms with E-state index in [2.05, 4.69) is 62.4 Å². The molecule has 1 nitrogen and oxygen atoms in total. The molecule has 1 atom stereocenters. The fourth-order valence-electron chi connectivity index (χ4n) is 5.67. The largest absolute Gasteiger partial charge is 0.399 e. The van der Waals surface area contributed by atoms with Gasteiger partial charge >= 0.3 is 0 Å². The summed E-state index contributed by atoms with van der Waals surface area (Å²) in [5.41, 5.74) is 11.3. The Morgan fingerprint density at radius 3 is 1.84 bits per heavy atom. The molecule has 2 aromatic carbocycles. The predicted octanol–water partition coefficient (Wildman–Crippen LogP) is 9.62. The molecule has 0 amide bonds. The zero-order chi connectivity index (χ0) is 22.6. The molecule has 1 unspecified atom stereocenters. The van der Waals surface area contributed by atoms with Gasteiger partial charge in [0.1, 0.15) is 0 Å². The topological polar surface area (TPSA) is 26.0 Å². The highest BCUT2D eigenvalue weighted by Gasteiger charge is 2.22. The number of nitrogens with two attached hydrogens (primary N) is 1. The zero-order valence-electron chi connectivity index (χ0n) is 20.8. The van der Waals surface area contributed by atoms with Gasteiger partial charge < -0.3 is 5.73 Å². The Morgan fingerprint density at radius 1 is 0.688 bits per heavy atom. The van der Waals surface area contributed by atoms with Crippen LogP contribution in [0.5, 0.6) is 0 Å². The first-order valence-corrected chi connectivity index (χ1v) is 13.7.